The summed E-state index contributed by atoms with van der Waals surface area (Å²) >= 11 is 0. The first-order valence-corrected chi connectivity index (χ1v) is 5.52. The number of carbonyl (C=O) groups is 1. The van der Waals surface area contributed by atoms with E-state index in [-0.39, 0.29) is 24.2 Å². The molecule has 1 aliphatic heterocycles. The van der Waals surface area contributed by atoms with Gasteiger partial charge >= 0.3 is 0 Å². The lowest BCUT2D eigenvalue weighted by Crippen LogP contribution is -2.20. The Morgan fingerprint density at radius 1 is 1.29 bits per heavy atom. The minimum atomic E-state index is -0.668. The molecule has 5 heteroatoms. The number of benzene rings is 1. The van der Waals surface area contributed by atoms with Gasteiger partial charge in [0.2, 0.25) is 5.91 Å². The van der Waals surface area contributed by atoms with Crippen molar-refractivity contribution in [1.29, 1.82) is 0 Å². The van der Waals surface area contributed by atoms with Crippen molar-refractivity contribution in [3.63, 3.8) is 0 Å². The topological polar surface area (TPSA) is 38.3 Å². The smallest absolute Gasteiger partial charge is 0.223 e. The van der Waals surface area contributed by atoms with Crippen molar-refractivity contribution in [3.05, 3.63) is 29.8 Å². The number of halogens is 2. The lowest BCUT2D eigenvalue weighted by molar-refractivity contribution is -0.122. The van der Waals surface area contributed by atoms with Gasteiger partial charge in [-0.1, -0.05) is 0 Å². The molecule has 0 radical (unpaired) electrons. The van der Waals surface area contributed by atoms with E-state index in [1.807, 2.05) is 0 Å². The quantitative estimate of drug-likeness (QED) is 0.873. The Hall–Kier alpha value is -1.65. The fraction of sp³-hybridized carbons (Fsp3) is 0.417. The molecule has 1 N–H and O–H groups in total. The third-order valence-electron chi connectivity index (χ3n) is 2.73. The van der Waals surface area contributed by atoms with E-state index >= 15 is 0 Å². The molecule has 1 saturated heterocycles. The highest BCUT2D eigenvalue weighted by molar-refractivity contribution is 5.80. The van der Waals surface area contributed by atoms with Crippen molar-refractivity contribution < 1.29 is 18.3 Å². The standard InChI is InChI=1S/C12H13F2NO2/c13-9-5-10(14)7-11(6-9)17-4-2-8-1-3-15-12(8)16/h5-8H,1-4H2,(H,15,16). The first kappa shape index (κ1) is 11.8. The Kier molecular flexibility index (Phi) is 3.56. The molecule has 0 aromatic heterocycles. The van der Waals surface area contributed by atoms with Gasteiger partial charge in [-0.25, -0.2) is 8.78 Å². The predicted octanol–water partition coefficient (Wildman–Crippen LogP) is 1.87. The van der Waals surface area contributed by atoms with Crippen LogP contribution >= 0.6 is 0 Å². The number of nitrogens with one attached hydrogen (secondary N) is 1. The molecule has 3 nitrogen and oxygen atoms in total. The molecule has 0 saturated carbocycles. The Morgan fingerprint density at radius 2 is 2.00 bits per heavy atom. The fourth-order valence-electron chi connectivity index (χ4n) is 1.85. The zero-order chi connectivity index (χ0) is 12.3. The van der Waals surface area contributed by atoms with E-state index in [0.29, 0.717) is 13.0 Å². The van der Waals surface area contributed by atoms with Crippen molar-refractivity contribution in [2.45, 2.75) is 12.8 Å². The summed E-state index contributed by atoms with van der Waals surface area (Å²) in [6.45, 7) is 0.971. The minimum absolute atomic E-state index is 0.0269. The second kappa shape index (κ2) is 5.12. The van der Waals surface area contributed by atoms with E-state index in [1.165, 1.54) is 0 Å². The van der Waals surface area contributed by atoms with Crippen molar-refractivity contribution >= 4 is 5.91 Å². The van der Waals surface area contributed by atoms with Gasteiger partial charge in [-0.3, -0.25) is 4.79 Å². The average Bonchev–Trinajstić information content (AvgIpc) is 2.63. The van der Waals surface area contributed by atoms with Crippen LogP contribution in [0.2, 0.25) is 0 Å². The van der Waals surface area contributed by atoms with Crippen LogP contribution < -0.4 is 10.1 Å². The van der Waals surface area contributed by atoms with Crippen LogP contribution in [0.3, 0.4) is 0 Å². The average molecular weight is 241 g/mol. The van der Waals surface area contributed by atoms with Crippen LogP contribution in [0.1, 0.15) is 12.8 Å². The highest BCUT2D eigenvalue weighted by atomic mass is 19.1. The molecule has 1 aromatic carbocycles. The second-order valence-electron chi connectivity index (χ2n) is 4.02. The van der Waals surface area contributed by atoms with Gasteiger partial charge in [0.15, 0.2) is 0 Å². The number of amides is 1. The molecule has 1 aromatic rings. The van der Waals surface area contributed by atoms with E-state index in [2.05, 4.69) is 5.32 Å². The number of hydrogen-bond donors (Lipinski definition) is 1. The highest BCUT2D eigenvalue weighted by Crippen LogP contribution is 2.18. The van der Waals surface area contributed by atoms with Crippen molar-refractivity contribution in [2.75, 3.05) is 13.2 Å². The molecular weight excluding hydrogens is 228 g/mol. The predicted molar refractivity (Wildman–Crippen MR) is 57.6 cm³/mol. The van der Waals surface area contributed by atoms with E-state index in [0.717, 1.165) is 24.6 Å². The van der Waals surface area contributed by atoms with E-state index < -0.39 is 11.6 Å². The molecule has 1 atom stereocenters. The Labute approximate surface area is 97.8 Å². The minimum Gasteiger partial charge on any atom is -0.493 e. The van der Waals surface area contributed by atoms with Gasteiger partial charge in [-0.15, -0.1) is 0 Å². The third-order valence-corrected chi connectivity index (χ3v) is 2.73. The number of carbonyl (C=O) groups excluding carboxylic acids is 1. The molecule has 1 heterocycles. The van der Waals surface area contributed by atoms with Crippen LogP contribution in [0, 0.1) is 17.6 Å². The zero-order valence-corrected chi connectivity index (χ0v) is 9.21. The largest absolute Gasteiger partial charge is 0.493 e. The number of rotatable bonds is 4. The van der Waals surface area contributed by atoms with E-state index in [1.54, 1.807) is 0 Å². The van der Waals surface area contributed by atoms with Gasteiger partial charge in [0.1, 0.15) is 17.4 Å². The summed E-state index contributed by atoms with van der Waals surface area (Å²) < 4.78 is 30.9. The summed E-state index contributed by atoms with van der Waals surface area (Å²) in [4.78, 5) is 11.2. The van der Waals surface area contributed by atoms with Gasteiger partial charge in [-0.05, 0) is 12.8 Å². The fourth-order valence-corrected chi connectivity index (χ4v) is 1.85. The maximum Gasteiger partial charge on any atom is 0.223 e. The van der Waals surface area contributed by atoms with Crippen LogP contribution in [0.4, 0.5) is 8.78 Å². The van der Waals surface area contributed by atoms with Crippen LogP contribution in [-0.2, 0) is 4.79 Å². The first-order chi connectivity index (χ1) is 8.15. The first-order valence-electron chi connectivity index (χ1n) is 5.52. The highest BCUT2D eigenvalue weighted by Gasteiger charge is 2.23. The lowest BCUT2D eigenvalue weighted by Gasteiger charge is -2.09. The molecule has 1 amide bonds. The SMILES string of the molecule is O=C1NCCC1CCOc1cc(F)cc(F)c1. The molecule has 1 unspecified atom stereocenters. The van der Waals surface area contributed by atoms with Crippen molar-refractivity contribution in [1.82, 2.24) is 5.32 Å². The second-order valence-corrected chi connectivity index (χ2v) is 4.02. The Balaban J connectivity index is 1.83. The summed E-state index contributed by atoms with van der Waals surface area (Å²) in [7, 11) is 0. The van der Waals surface area contributed by atoms with Crippen LogP contribution in [0.15, 0.2) is 18.2 Å². The molecule has 0 spiro atoms. The summed E-state index contributed by atoms with van der Waals surface area (Å²) in [6, 6.07) is 3.03. The van der Waals surface area contributed by atoms with E-state index in [9.17, 15) is 13.6 Å². The van der Waals surface area contributed by atoms with Gasteiger partial charge in [-0.2, -0.15) is 0 Å². The Bertz CT molecular complexity index is 403. The van der Waals surface area contributed by atoms with Gasteiger partial charge < -0.3 is 10.1 Å². The molecule has 0 bridgehead atoms. The molecule has 0 aliphatic carbocycles. The number of hydrogen-bond acceptors (Lipinski definition) is 2. The summed E-state index contributed by atoms with van der Waals surface area (Å²) in [5, 5.41) is 2.72. The number of ether oxygens (including phenoxy) is 1. The maximum absolute atomic E-state index is 12.8. The van der Waals surface area contributed by atoms with Gasteiger partial charge in [0, 0.05) is 30.7 Å². The Morgan fingerprint density at radius 3 is 2.59 bits per heavy atom. The summed E-state index contributed by atoms with van der Waals surface area (Å²) in [6.07, 6.45) is 1.35. The maximum atomic E-state index is 12.8. The van der Waals surface area contributed by atoms with Crippen LogP contribution in [-0.4, -0.2) is 19.1 Å². The van der Waals surface area contributed by atoms with Crippen LogP contribution in [0.5, 0.6) is 5.75 Å². The third kappa shape index (κ3) is 3.15. The summed E-state index contributed by atoms with van der Waals surface area (Å²) in [5.41, 5.74) is 0. The monoisotopic (exact) mass is 241 g/mol. The molecule has 2 rings (SSSR count). The molecule has 1 aliphatic rings. The summed E-state index contributed by atoms with van der Waals surface area (Å²) in [5.74, 6) is -1.20. The molecular formula is C12H13F2NO2. The zero-order valence-electron chi connectivity index (χ0n) is 9.21. The van der Waals surface area contributed by atoms with E-state index in [4.69, 9.17) is 4.74 Å². The molecule has 17 heavy (non-hydrogen) atoms. The van der Waals surface area contributed by atoms with Gasteiger partial charge in [0.05, 0.1) is 6.61 Å². The molecule has 92 valence electrons. The van der Waals surface area contributed by atoms with Crippen molar-refractivity contribution in [2.24, 2.45) is 5.92 Å². The normalized spacial score (nSPS) is 19.2. The van der Waals surface area contributed by atoms with Crippen molar-refractivity contribution in [3.8, 4) is 5.75 Å². The lowest BCUT2D eigenvalue weighted by atomic mass is 10.1. The molecule has 1 fully saturated rings. The van der Waals surface area contributed by atoms with Crippen LogP contribution in [0.25, 0.3) is 0 Å². The van der Waals surface area contributed by atoms with Gasteiger partial charge in [0.25, 0.3) is 0 Å².